The van der Waals surface area contributed by atoms with Gasteiger partial charge in [0.15, 0.2) is 0 Å². The zero-order chi connectivity index (χ0) is 24.1. The van der Waals surface area contributed by atoms with Crippen molar-refractivity contribution in [3.05, 3.63) is 82.6 Å². The van der Waals surface area contributed by atoms with Gasteiger partial charge in [0.25, 0.3) is 5.91 Å². The number of ether oxygens (including phenoxy) is 1. The maximum absolute atomic E-state index is 13.3. The van der Waals surface area contributed by atoms with E-state index < -0.39 is 0 Å². The monoisotopic (exact) mass is 476 g/mol. The van der Waals surface area contributed by atoms with Crippen LogP contribution in [0.3, 0.4) is 0 Å². The molecule has 0 saturated heterocycles. The Morgan fingerprint density at radius 3 is 2.91 bits per heavy atom. The van der Waals surface area contributed by atoms with Crippen LogP contribution in [0.1, 0.15) is 59.3 Å². The summed E-state index contributed by atoms with van der Waals surface area (Å²) in [4.78, 5) is 19.4. The minimum atomic E-state index is -0.0988. The Bertz CT molecular complexity index is 1170. The van der Waals surface area contributed by atoms with E-state index in [0.29, 0.717) is 24.6 Å². The van der Waals surface area contributed by atoms with Gasteiger partial charge in [-0.25, -0.2) is 4.99 Å². The first kappa shape index (κ1) is 24.0. The molecule has 0 saturated carbocycles. The minimum absolute atomic E-state index is 0.0988. The summed E-state index contributed by atoms with van der Waals surface area (Å²) in [5, 5.41) is 3.78. The van der Waals surface area contributed by atoms with E-state index in [1.54, 1.807) is 23.7 Å². The molecule has 6 heteroatoms. The lowest BCUT2D eigenvalue weighted by molar-refractivity contribution is 0.0947. The van der Waals surface area contributed by atoms with Gasteiger partial charge in [0, 0.05) is 11.1 Å². The molecule has 0 radical (unpaired) electrons. The number of nitrogens with zero attached hydrogens (tertiary/aromatic N) is 1. The molecule has 0 bridgehead atoms. The van der Waals surface area contributed by atoms with Crippen molar-refractivity contribution >= 4 is 28.5 Å². The molecule has 1 amide bonds. The van der Waals surface area contributed by atoms with Crippen LogP contribution in [0, 0.1) is 11.3 Å². The van der Waals surface area contributed by atoms with Crippen LogP contribution in [0.5, 0.6) is 5.75 Å². The molecule has 1 N–H and O–H groups in total. The first-order chi connectivity index (χ1) is 16.3. The van der Waals surface area contributed by atoms with Gasteiger partial charge in [0.2, 0.25) is 0 Å². The zero-order valence-electron chi connectivity index (χ0n) is 20.1. The second kappa shape index (κ2) is 10.4. The van der Waals surface area contributed by atoms with Crippen LogP contribution >= 0.6 is 11.3 Å². The van der Waals surface area contributed by atoms with Gasteiger partial charge in [-0.05, 0) is 66.0 Å². The van der Waals surface area contributed by atoms with Crippen LogP contribution in [0.2, 0.25) is 0 Å². The molecule has 2 aromatic heterocycles. The molecule has 5 nitrogen and oxygen atoms in total. The lowest BCUT2D eigenvalue weighted by atomic mass is 9.72. The molecule has 2 heterocycles. The summed E-state index contributed by atoms with van der Waals surface area (Å²) in [6.45, 7) is 11.4. The first-order valence-electron chi connectivity index (χ1n) is 11.7. The summed E-state index contributed by atoms with van der Waals surface area (Å²) >= 11 is 1.64. The largest absolute Gasteiger partial charge is 0.490 e. The Morgan fingerprint density at radius 1 is 1.32 bits per heavy atom. The van der Waals surface area contributed by atoms with Crippen LogP contribution < -0.4 is 10.1 Å². The Balaban J connectivity index is 1.62. The summed E-state index contributed by atoms with van der Waals surface area (Å²) in [6, 6.07) is 11.4. The molecule has 0 unspecified atom stereocenters. The van der Waals surface area contributed by atoms with Gasteiger partial charge < -0.3 is 14.5 Å². The van der Waals surface area contributed by atoms with Gasteiger partial charge in [-0.1, -0.05) is 45.6 Å². The molecular formula is C28H32N2O3S. The Hall–Kier alpha value is -3.12. The van der Waals surface area contributed by atoms with Crippen LogP contribution in [-0.4, -0.2) is 18.7 Å². The first-order valence-corrected chi connectivity index (χ1v) is 12.5. The second-order valence-corrected chi connectivity index (χ2v) is 10.8. The number of nitrogens with one attached hydrogen (secondary N) is 1. The van der Waals surface area contributed by atoms with Crippen LogP contribution in [-0.2, 0) is 19.4 Å². The van der Waals surface area contributed by atoms with E-state index in [2.05, 4.69) is 32.7 Å². The number of aliphatic imine (C=N–C) groups is 1. The normalized spacial score (nSPS) is 15.8. The quantitative estimate of drug-likeness (QED) is 0.289. The summed E-state index contributed by atoms with van der Waals surface area (Å²) in [7, 11) is 0. The zero-order valence-corrected chi connectivity index (χ0v) is 20.9. The summed E-state index contributed by atoms with van der Waals surface area (Å²) < 4.78 is 11.0. The predicted octanol–water partition coefficient (Wildman–Crippen LogP) is 6.74. The van der Waals surface area contributed by atoms with Gasteiger partial charge in [-0.15, -0.1) is 11.3 Å². The van der Waals surface area contributed by atoms with E-state index in [-0.39, 0.29) is 11.3 Å². The number of rotatable bonds is 8. The second-order valence-electron chi connectivity index (χ2n) is 9.68. The Labute approximate surface area is 205 Å². The SMILES string of the molecule is C=CCOc1cccc(C=Nc2sc3c(c2C(=O)NCc2ccco2)CC[C@@H](C(C)(C)C)C3)c1. The summed E-state index contributed by atoms with van der Waals surface area (Å²) in [6.07, 6.45) is 8.11. The number of hydrogen-bond acceptors (Lipinski definition) is 5. The van der Waals surface area contributed by atoms with Crippen molar-refractivity contribution in [3.8, 4) is 5.75 Å². The molecule has 178 valence electrons. The van der Waals surface area contributed by atoms with E-state index in [0.717, 1.165) is 46.9 Å². The highest BCUT2D eigenvalue weighted by molar-refractivity contribution is 7.16. The lowest BCUT2D eigenvalue weighted by Gasteiger charge is -2.33. The summed E-state index contributed by atoms with van der Waals surface area (Å²) in [5.41, 5.74) is 3.01. The Kier molecular flexibility index (Phi) is 7.37. The van der Waals surface area contributed by atoms with Gasteiger partial charge >= 0.3 is 0 Å². The fourth-order valence-electron chi connectivity index (χ4n) is 4.28. The van der Waals surface area contributed by atoms with Gasteiger partial charge in [-0.2, -0.15) is 0 Å². The highest BCUT2D eigenvalue weighted by Gasteiger charge is 2.33. The molecule has 3 aromatic rings. The molecule has 1 aromatic carbocycles. The van der Waals surface area contributed by atoms with Crippen molar-refractivity contribution in [1.29, 1.82) is 0 Å². The average molecular weight is 477 g/mol. The topological polar surface area (TPSA) is 63.8 Å². The molecule has 1 atom stereocenters. The van der Waals surface area contributed by atoms with E-state index >= 15 is 0 Å². The third-order valence-electron chi connectivity index (χ3n) is 6.26. The number of thiophene rings is 1. The number of carbonyl (C=O) groups excluding carboxylic acids is 1. The van der Waals surface area contributed by atoms with E-state index in [9.17, 15) is 4.79 Å². The van der Waals surface area contributed by atoms with E-state index in [1.807, 2.05) is 42.6 Å². The number of benzene rings is 1. The number of fused-ring (bicyclic) bond motifs is 1. The molecule has 34 heavy (non-hydrogen) atoms. The number of hydrogen-bond donors (Lipinski definition) is 1. The third-order valence-corrected chi connectivity index (χ3v) is 7.42. The fourth-order valence-corrected chi connectivity index (χ4v) is 5.55. The van der Waals surface area contributed by atoms with Gasteiger partial charge in [-0.3, -0.25) is 4.79 Å². The molecule has 0 spiro atoms. The summed E-state index contributed by atoms with van der Waals surface area (Å²) in [5.74, 6) is 1.98. The smallest absolute Gasteiger partial charge is 0.255 e. The highest BCUT2D eigenvalue weighted by Crippen LogP contribution is 2.45. The molecule has 0 aliphatic heterocycles. The maximum Gasteiger partial charge on any atom is 0.255 e. The van der Waals surface area contributed by atoms with Crippen LogP contribution in [0.4, 0.5) is 5.00 Å². The molecule has 1 aliphatic carbocycles. The van der Waals surface area contributed by atoms with E-state index in [4.69, 9.17) is 14.1 Å². The standard InChI is InChI=1S/C28H32N2O3S/c1-5-13-32-21-9-6-8-19(15-21)17-30-27-25(26(31)29-18-22-10-7-14-33-22)23-12-11-20(28(2,3)4)16-24(23)34-27/h5-10,14-15,17,20H,1,11-13,16,18H2,2-4H3,(H,29,31)/t20-/m1/s1. The fraction of sp³-hybridized carbons (Fsp3) is 0.357. The lowest BCUT2D eigenvalue weighted by Crippen LogP contribution is -2.28. The minimum Gasteiger partial charge on any atom is -0.490 e. The molecule has 4 rings (SSSR count). The van der Waals surface area contributed by atoms with Crippen molar-refractivity contribution in [3.63, 3.8) is 0 Å². The van der Waals surface area contributed by atoms with Crippen LogP contribution in [0.25, 0.3) is 0 Å². The number of amides is 1. The van der Waals surface area contributed by atoms with Crippen molar-refractivity contribution in [2.75, 3.05) is 6.61 Å². The van der Waals surface area contributed by atoms with E-state index in [1.165, 1.54) is 4.88 Å². The van der Waals surface area contributed by atoms with Crippen molar-refractivity contribution < 1.29 is 13.9 Å². The number of furan rings is 1. The average Bonchev–Trinajstić information content (AvgIpc) is 3.46. The van der Waals surface area contributed by atoms with Gasteiger partial charge in [0.05, 0.1) is 18.4 Å². The molecular weight excluding hydrogens is 444 g/mol. The molecule has 1 aliphatic rings. The third kappa shape index (κ3) is 5.68. The van der Waals surface area contributed by atoms with Crippen molar-refractivity contribution in [2.45, 2.75) is 46.6 Å². The highest BCUT2D eigenvalue weighted by atomic mass is 32.1. The van der Waals surface area contributed by atoms with Crippen LogP contribution in [0.15, 0.2) is 64.7 Å². The number of carbonyl (C=O) groups is 1. The van der Waals surface area contributed by atoms with Crippen molar-refractivity contribution in [1.82, 2.24) is 5.32 Å². The molecule has 0 fully saturated rings. The van der Waals surface area contributed by atoms with Gasteiger partial charge in [0.1, 0.15) is 23.1 Å². The predicted molar refractivity (Wildman–Crippen MR) is 139 cm³/mol. The Morgan fingerprint density at radius 2 is 2.18 bits per heavy atom. The maximum atomic E-state index is 13.3. The van der Waals surface area contributed by atoms with Crippen molar-refractivity contribution in [2.24, 2.45) is 16.3 Å².